The molecule has 0 radical (unpaired) electrons. The smallest absolute Gasteiger partial charge is 0.272 e. The van der Waals surface area contributed by atoms with Crippen molar-refractivity contribution in [3.63, 3.8) is 0 Å². The molecule has 2 N–H and O–H groups in total. The van der Waals surface area contributed by atoms with Crippen LogP contribution in [0, 0.1) is 13.8 Å². The summed E-state index contributed by atoms with van der Waals surface area (Å²) in [5.41, 5.74) is 3.81. The van der Waals surface area contributed by atoms with Crippen molar-refractivity contribution in [3.8, 4) is 11.4 Å². The lowest BCUT2D eigenvalue weighted by atomic mass is 10.1. The predicted octanol–water partition coefficient (Wildman–Crippen LogP) is 2.37. The van der Waals surface area contributed by atoms with Crippen molar-refractivity contribution in [3.05, 3.63) is 59.4 Å². The van der Waals surface area contributed by atoms with Crippen LogP contribution in [0.4, 0.5) is 0 Å². The third-order valence-corrected chi connectivity index (χ3v) is 3.71. The highest BCUT2D eigenvalue weighted by atomic mass is 16.2. The van der Waals surface area contributed by atoms with E-state index in [2.05, 4.69) is 30.5 Å². The zero-order chi connectivity index (χ0) is 17.1. The van der Waals surface area contributed by atoms with Gasteiger partial charge in [-0.3, -0.25) is 14.9 Å². The van der Waals surface area contributed by atoms with Crippen molar-refractivity contribution in [2.45, 2.75) is 26.8 Å². The van der Waals surface area contributed by atoms with Crippen LogP contribution in [0.1, 0.15) is 40.4 Å². The van der Waals surface area contributed by atoms with E-state index in [0.29, 0.717) is 11.5 Å². The molecule has 0 spiro atoms. The Hall–Kier alpha value is -3.09. The SMILES string of the molecule is Cc1cc(C(=O)NC(C)c2cnc(-c3ccncc3)nc2C)n[nH]1. The molecule has 0 bridgehead atoms. The number of rotatable bonds is 4. The Morgan fingerprint density at radius 2 is 2.00 bits per heavy atom. The molecule has 0 saturated heterocycles. The summed E-state index contributed by atoms with van der Waals surface area (Å²) in [4.78, 5) is 25.1. The number of H-pyrrole nitrogens is 1. The maximum Gasteiger partial charge on any atom is 0.272 e. The minimum Gasteiger partial charge on any atom is -0.344 e. The molecule has 0 aromatic carbocycles. The fourth-order valence-electron chi connectivity index (χ4n) is 2.42. The van der Waals surface area contributed by atoms with Crippen LogP contribution >= 0.6 is 0 Å². The molecule has 0 aliphatic heterocycles. The number of aromatic nitrogens is 5. The van der Waals surface area contributed by atoms with E-state index < -0.39 is 0 Å². The van der Waals surface area contributed by atoms with E-state index in [-0.39, 0.29) is 11.9 Å². The summed E-state index contributed by atoms with van der Waals surface area (Å²) in [5, 5.41) is 9.64. The first-order valence-electron chi connectivity index (χ1n) is 7.61. The van der Waals surface area contributed by atoms with Crippen molar-refractivity contribution in [2.24, 2.45) is 0 Å². The molecule has 3 heterocycles. The number of aromatic amines is 1. The van der Waals surface area contributed by atoms with E-state index in [1.807, 2.05) is 32.9 Å². The summed E-state index contributed by atoms with van der Waals surface area (Å²) < 4.78 is 0. The molecule has 3 rings (SSSR count). The Bertz CT molecular complexity index is 859. The van der Waals surface area contributed by atoms with Gasteiger partial charge in [-0.15, -0.1) is 0 Å². The van der Waals surface area contributed by atoms with Crippen LogP contribution in [0.2, 0.25) is 0 Å². The number of aryl methyl sites for hydroxylation is 2. The number of amides is 1. The first-order chi connectivity index (χ1) is 11.5. The van der Waals surface area contributed by atoms with Crippen molar-refractivity contribution in [1.29, 1.82) is 0 Å². The van der Waals surface area contributed by atoms with E-state index in [0.717, 1.165) is 22.5 Å². The number of nitrogens with zero attached hydrogens (tertiary/aromatic N) is 4. The van der Waals surface area contributed by atoms with E-state index in [1.165, 1.54) is 0 Å². The topological polar surface area (TPSA) is 96.5 Å². The van der Waals surface area contributed by atoms with Crippen LogP contribution in [-0.2, 0) is 0 Å². The minimum absolute atomic E-state index is 0.221. The lowest BCUT2D eigenvalue weighted by Gasteiger charge is -2.15. The zero-order valence-corrected chi connectivity index (χ0v) is 13.7. The molecule has 0 saturated carbocycles. The molecule has 0 fully saturated rings. The predicted molar refractivity (Wildman–Crippen MR) is 89.2 cm³/mol. The summed E-state index contributed by atoms with van der Waals surface area (Å²) in [6.07, 6.45) is 5.16. The first-order valence-corrected chi connectivity index (χ1v) is 7.61. The standard InChI is InChI=1S/C17H18N6O/c1-10-8-15(23-22-10)17(24)21-12(3)14-9-19-16(20-11(14)2)13-4-6-18-7-5-13/h4-9,12H,1-3H3,(H,21,24)(H,22,23). The molecule has 7 heteroatoms. The van der Waals surface area contributed by atoms with Gasteiger partial charge in [0, 0.05) is 41.1 Å². The van der Waals surface area contributed by atoms with E-state index in [4.69, 9.17) is 0 Å². The molecule has 3 aromatic rings. The average Bonchev–Trinajstić information content (AvgIpc) is 3.02. The zero-order valence-electron chi connectivity index (χ0n) is 13.7. The van der Waals surface area contributed by atoms with Crippen molar-refractivity contribution >= 4 is 5.91 Å². The lowest BCUT2D eigenvalue weighted by Crippen LogP contribution is -2.27. The fraction of sp³-hybridized carbons (Fsp3) is 0.235. The number of carbonyl (C=O) groups excluding carboxylic acids is 1. The van der Waals surface area contributed by atoms with Crippen LogP contribution in [-0.4, -0.2) is 31.1 Å². The van der Waals surface area contributed by atoms with Gasteiger partial charge in [0.25, 0.3) is 5.91 Å². The van der Waals surface area contributed by atoms with Gasteiger partial charge in [-0.05, 0) is 39.0 Å². The van der Waals surface area contributed by atoms with Crippen LogP contribution in [0.5, 0.6) is 0 Å². The lowest BCUT2D eigenvalue weighted by molar-refractivity contribution is 0.0934. The second-order valence-electron chi connectivity index (χ2n) is 5.60. The molecular weight excluding hydrogens is 304 g/mol. The Morgan fingerprint density at radius 3 is 2.62 bits per heavy atom. The van der Waals surface area contributed by atoms with Crippen molar-refractivity contribution < 1.29 is 4.79 Å². The van der Waals surface area contributed by atoms with Crippen LogP contribution < -0.4 is 5.32 Å². The molecule has 24 heavy (non-hydrogen) atoms. The van der Waals surface area contributed by atoms with Gasteiger partial charge in [-0.2, -0.15) is 5.10 Å². The normalized spacial score (nSPS) is 12.0. The van der Waals surface area contributed by atoms with Gasteiger partial charge in [0.05, 0.1) is 6.04 Å². The Kier molecular flexibility index (Phi) is 4.33. The second kappa shape index (κ2) is 6.57. The van der Waals surface area contributed by atoms with Crippen LogP contribution in [0.3, 0.4) is 0 Å². The van der Waals surface area contributed by atoms with E-state index >= 15 is 0 Å². The number of nitrogens with one attached hydrogen (secondary N) is 2. The van der Waals surface area contributed by atoms with Crippen molar-refractivity contribution in [1.82, 2.24) is 30.5 Å². The summed E-state index contributed by atoms with van der Waals surface area (Å²) in [6.45, 7) is 5.65. The first kappa shape index (κ1) is 15.8. The van der Waals surface area contributed by atoms with Gasteiger partial charge in [0.2, 0.25) is 0 Å². The minimum atomic E-state index is -0.232. The van der Waals surface area contributed by atoms with Crippen molar-refractivity contribution in [2.75, 3.05) is 0 Å². The second-order valence-corrected chi connectivity index (χ2v) is 5.60. The van der Waals surface area contributed by atoms with Gasteiger partial charge >= 0.3 is 0 Å². The highest BCUT2D eigenvalue weighted by Crippen LogP contribution is 2.19. The number of pyridine rings is 1. The third kappa shape index (κ3) is 3.29. The van der Waals surface area contributed by atoms with E-state index in [1.54, 1.807) is 24.7 Å². The Morgan fingerprint density at radius 1 is 1.25 bits per heavy atom. The third-order valence-electron chi connectivity index (χ3n) is 3.71. The summed E-state index contributed by atoms with van der Waals surface area (Å²) in [7, 11) is 0. The molecule has 3 aromatic heterocycles. The van der Waals surface area contributed by atoms with Crippen LogP contribution in [0.25, 0.3) is 11.4 Å². The summed E-state index contributed by atoms with van der Waals surface area (Å²) >= 11 is 0. The van der Waals surface area contributed by atoms with Gasteiger partial charge in [0.15, 0.2) is 5.82 Å². The highest BCUT2D eigenvalue weighted by Gasteiger charge is 2.16. The molecule has 1 atom stereocenters. The molecule has 1 amide bonds. The Balaban J connectivity index is 1.78. The fourth-order valence-corrected chi connectivity index (χ4v) is 2.42. The maximum atomic E-state index is 12.2. The van der Waals surface area contributed by atoms with E-state index in [9.17, 15) is 4.79 Å². The highest BCUT2D eigenvalue weighted by molar-refractivity contribution is 5.92. The molecular formula is C17H18N6O. The van der Waals surface area contributed by atoms with Gasteiger partial charge < -0.3 is 5.32 Å². The van der Waals surface area contributed by atoms with Crippen LogP contribution in [0.15, 0.2) is 36.8 Å². The summed E-state index contributed by atoms with van der Waals surface area (Å²) in [5.74, 6) is 0.407. The molecule has 7 nitrogen and oxygen atoms in total. The number of hydrogen-bond acceptors (Lipinski definition) is 5. The molecule has 1 unspecified atom stereocenters. The average molecular weight is 322 g/mol. The maximum absolute atomic E-state index is 12.2. The molecule has 0 aliphatic rings. The van der Waals surface area contributed by atoms with Gasteiger partial charge in [-0.25, -0.2) is 9.97 Å². The quantitative estimate of drug-likeness (QED) is 0.768. The molecule has 122 valence electrons. The monoisotopic (exact) mass is 322 g/mol. The number of hydrogen-bond donors (Lipinski definition) is 2. The summed E-state index contributed by atoms with van der Waals surface area (Å²) in [6, 6.07) is 5.21. The van der Waals surface area contributed by atoms with Gasteiger partial charge in [-0.1, -0.05) is 0 Å². The number of carbonyl (C=O) groups is 1. The Labute approximate surface area is 139 Å². The van der Waals surface area contributed by atoms with Gasteiger partial charge in [0.1, 0.15) is 5.69 Å². The largest absolute Gasteiger partial charge is 0.344 e. The molecule has 0 aliphatic carbocycles.